The minimum absolute atomic E-state index is 0.0727. The first-order valence-corrected chi connectivity index (χ1v) is 10.5. The van der Waals surface area contributed by atoms with Gasteiger partial charge < -0.3 is 23.9 Å². The van der Waals surface area contributed by atoms with Crippen LogP contribution in [0.15, 0.2) is 28.7 Å². The number of aromatic nitrogens is 1. The van der Waals surface area contributed by atoms with Crippen LogP contribution in [0.25, 0.3) is 11.1 Å². The van der Waals surface area contributed by atoms with Crippen molar-refractivity contribution in [3.05, 3.63) is 24.3 Å². The Labute approximate surface area is 169 Å². The molecule has 8 nitrogen and oxygen atoms in total. The van der Waals surface area contributed by atoms with Crippen LogP contribution < -0.4 is 4.90 Å². The molecule has 0 unspecified atom stereocenters. The fraction of sp³-hybridized carbons (Fsp3) is 0.571. The standard InChI is InChI=1S/C21H26N4O4/c26-19(23-10-12-24(13-11-23)20(27)18-8-4-14-28-18)16-6-3-9-25(16)21-22-15-5-1-2-7-17(15)29-21/h1-2,5,7,16,18H,3-4,6,8-14H2/t16-,18+/m1/s1. The van der Waals surface area contributed by atoms with E-state index < -0.39 is 0 Å². The van der Waals surface area contributed by atoms with Gasteiger partial charge >= 0.3 is 0 Å². The van der Waals surface area contributed by atoms with Crippen molar-refractivity contribution in [2.45, 2.75) is 37.8 Å². The molecular weight excluding hydrogens is 372 g/mol. The van der Waals surface area contributed by atoms with Gasteiger partial charge in [-0.3, -0.25) is 9.59 Å². The van der Waals surface area contributed by atoms with Gasteiger partial charge in [-0.2, -0.15) is 4.98 Å². The summed E-state index contributed by atoms with van der Waals surface area (Å²) in [5.41, 5.74) is 1.55. The summed E-state index contributed by atoms with van der Waals surface area (Å²) >= 11 is 0. The van der Waals surface area contributed by atoms with Crippen molar-refractivity contribution in [1.29, 1.82) is 0 Å². The van der Waals surface area contributed by atoms with Crippen molar-refractivity contribution >= 4 is 28.9 Å². The molecular formula is C21H26N4O4. The Morgan fingerprint density at radius 3 is 2.41 bits per heavy atom. The summed E-state index contributed by atoms with van der Waals surface area (Å²) in [4.78, 5) is 36.0. The molecule has 0 bridgehead atoms. The maximum atomic E-state index is 13.2. The van der Waals surface area contributed by atoms with Crippen LogP contribution >= 0.6 is 0 Å². The summed E-state index contributed by atoms with van der Waals surface area (Å²) in [6.07, 6.45) is 3.20. The molecule has 1 aromatic heterocycles. The van der Waals surface area contributed by atoms with E-state index in [2.05, 4.69) is 4.98 Å². The quantitative estimate of drug-likeness (QED) is 0.782. The number of ether oxygens (including phenoxy) is 1. The first-order chi connectivity index (χ1) is 14.2. The Hall–Kier alpha value is -2.61. The van der Waals surface area contributed by atoms with Crippen LogP contribution in [-0.2, 0) is 14.3 Å². The van der Waals surface area contributed by atoms with E-state index >= 15 is 0 Å². The van der Waals surface area contributed by atoms with Crippen molar-refractivity contribution in [3.8, 4) is 0 Å². The number of piperazine rings is 1. The molecule has 0 spiro atoms. The van der Waals surface area contributed by atoms with Gasteiger partial charge in [-0.15, -0.1) is 0 Å². The van der Waals surface area contributed by atoms with Gasteiger partial charge in [-0.1, -0.05) is 12.1 Å². The monoisotopic (exact) mass is 398 g/mol. The number of amides is 2. The van der Waals surface area contributed by atoms with Crippen molar-refractivity contribution in [1.82, 2.24) is 14.8 Å². The molecule has 3 aliphatic rings. The normalized spacial score (nSPS) is 25.2. The number of carbonyl (C=O) groups is 2. The number of carbonyl (C=O) groups excluding carboxylic acids is 2. The van der Waals surface area contributed by atoms with Crippen molar-refractivity contribution in [2.24, 2.45) is 0 Å². The zero-order valence-corrected chi connectivity index (χ0v) is 16.5. The first kappa shape index (κ1) is 18.4. The van der Waals surface area contributed by atoms with Crippen LogP contribution in [0.1, 0.15) is 25.7 Å². The summed E-state index contributed by atoms with van der Waals surface area (Å²) in [7, 11) is 0. The van der Waals surface area contributed by atoms with Crippen LogP contribution in [0.3, 0.4) is 0 Å². The van der Waals surface area contributed by atoms with Crippen LogP contribution in [0.2, 0.25) is 0 Å². The fourth-order valence-electron chi connectivity index (χ4n) is 4.57. The van der Waals surface area contributed by atoms with Crippen LogP contribution in [0.5, 0.6) is 0 Å². The minimum Gasteiger partial charge on any atom is -0.423 e. The molecule has 5 rings (SSSR count). The smallest absolute Gasteiger partial charge is 0.299 e. The Morgan fingerprint density at radius 1 is 0.931 bits per heavy atom. The van der Waals surface area contributed by atoms with E-state index in [1.807, 2.05) is 39.0 Å². The molecule has 2 atom stereocenters. The van der Waals surface area contributed by atoms with Gasteiger partial charge in [0, 0.05) is 39.3 Å². The third-order valence-electron chi connectivity index (χ3n) is 6.17. The predicted octanol–water partition coefficient (Wildman–Crippen LogP) is 1.65. The molecule has 3 fully saturated rings. The molecule has 0 aliphatic carbocycles. The number of anilines is 1. The Balaban J connectivity index is 1.24. The average Bonchev–Trinajstić information content (AvgIpc) is 3.52. The molecule has 3 aliphatic heterocycles. The number of benzene rings is 1. The van der Waals surface area contributed by atoms with E-state index in [0.29, 0.717) is 38.8 Å². The first-order valence-electron chi connectivity index (χ1n) is 10.5. The summed E-state index contributed by atoms with van der Waals surface area (Å²) in [5, 5.41) is 0. The highest BCUT2D eigenvalue weighted by Crippen LogP contribution is 2.29. The summed E-state index contributed by atoms with van der Waals surface area (Å²) in [6, 6.07) is 7.93. The average molecular weight is 398 g/mol. The van der Waals surface area contributed by atoms with Gasteiger partial charge in [0.05, 0.1) is 0 Å². The zero-order chi connectivity index (χ0) is 19.8. The number of hydrogen-bond donors (Lipinski definition) is 0. The number of nitrogens with zero attached hydrogens (tertiary/aromatic N) is 4. The summed E-state index contributed by atoms with van der Waals surface area (Å²) in [6.45, 7) is 3.70. The summed E-state index contributed by atoms with van der Waals surface area (Å²) in [5.74, 6) is 0.178. The van der Waals surface area contributed by atoms with E-state index in [0.717, 1.165) is 43.3 Å². The second-order valence-electron chi connectivity index (χ2n) is 7.97. The van der Waals surface area contributed by atoms with Crippen LogP contribution in [0, 0.1) is 0 Å². The third-order valence-corrected chi connectivity index (χ3v) is 6.17. The maximum absolute atomic E-state index is 13.2. The van der Waals surface area contributed by atoms with E-state index in [-0.39, 0.29) is 24.0 Å². The topological polar surface area (TPSA) is 79.1 Å². The molecule has 2 amide bonds. The van der Waals surface area contributed by atoms with Crippen molar-refractivity contribution in [2.75, 3.05) is 44.2 Å². The molecule has 4 heterocycles. The van der Waals surface area contributed by atoms with Crippen LogP contribution in [0.4, 0.5) is 6.01 Å². The molecule has 0 N–H and O–H groups in total. The van der Waals surface area contributed by atoms with Gasteiger partial charge in [0.25, 0.3) is 11.9 Å². The number of fused-ring (bicyclic) bond motifs is 1. The van der Waals surface area contributed by atoms with Gasteiger partial charge in [-0.05, 0) is 37.8 Å². The number of oxazole rings is 1. The molecule has 0 saturated carbocycles. The SMILES string of the molecule is O=C([C@@H]1CCCO1)N1CCN(C(=O)[C@H]2CCCN2c2nc3ccccc3o2)CC1. The lowest BCUT2D eigenvalue weighted by atomic mass is 10.1. The molecule has 29 heavy (non-hydrogen) atoms. The van der Waals surface area contributed by atoms with E-state index in [1.54, 1.807) is 0 Å². The largest absolute Gasteiger partial charge is 0.423 e. The van der Waals surface area contributed by atoms with Crippen LogP contribution in [-0.4, -0.2) is 78.1 Å². The summed E-state index contributed by atoms with van der Waals surface area (Å²) < 4.78 is 11.4. The lowest BCUT2D eigenvalue weighted by Gasteiger charge is -2.37. The highest BCUT2D eigenvalue weighted by Gasteiger charge is 2.38. The third kappa shape index (κ3) is 3.46. The lowest BCUT2D eigenvalue weighted by molar-refractivity contribution is -0.146. The highest BCUT2D eigenvalue weighted by molar-refractivity contribution is 5.86. The van der Waals surface area contributed by atoms with Gasteiger partial charge in [0.1, 0.15) is 17.7 Å². The minimum atomic E-state index is -0.290. The molecule has 2 aromatic rings. The van der Waals surface area contributed by atoms with Crippen molar-refractivity contribution < 1.29 is 18.7 Å². The predicted molar refractivity (Wildman–Crippen MR) is 107 cm³/mol. The lowest BCUT2D eigenvalue weighted by Crippen LogP contribution is -2.56. The number of para-hydroxylation sites is 2. The van der Waals surface area contributed by atoms with Crippen molar-refractivity contribution in [3.63, 3.8) is 0 Å². The molecule has 0 radical (unpaired) electrons. The van der Waals surface area contributed by atoms with Gasteiger partial charge in [0.2, 0.25) is 5.91 Å². The molecule has 154 valence electrons. The van der Waals surface area contributed by atoms with Gasteiger partial charge in [-0.25, -0.2) is 0 Å². The maximum Gasteiger partial charge on any atom is 0.299 e. The molecule has 1 aromatic carbocycles. The van der Waals surface area contributed by atoms with E-state index in [4.69, 9.17) is 9.15 Å². The molecule has 3 saturated heterocycles. The zero-order valence-electron chi connectivity index (χ0n) is 16.5. The second kappa shape index (κ2) is 7.67. The number of rotatable bonds is 3. The fourth-order valence-corrected chi connectivity index (χ4v) is 4.57. The number of hydrogen-bond acceptors (Lipinski definition) is 6. The van der Waals surface area contributed by atoms with E-state index in [9.17, 15) is 9.59 Å². The Morgan fingerprint density at radius 2 is 1.69 bits per heavy atom. The second-order valence-corrected chi connectivity index (χ2v) is 7.97. The Bertz CT molecular complexity index is 866. The van der Waals surface area contributed by atoms with E-state index in [1.165, 1.54) is 0 Å². The Kier molecular flexibility index (Phi) is 4.87. The molecule has 8 heteroatoms. The van der Waals surface area contributed by atoms with Gasteiger partial charge in [0.15, 0.2) is 5.58 Å². The highest BCUT2D eigenvalue weighted by atomic mass is 16.5.